The molecule has 1 saturated heterocycles. The van der Waals surface area contributed by atoms with Crippen molar-refractivity contribution >= 4 is 11.6 Å². The summed E-state index contributed by atoms with van der Waals surface area (Å²) in [5.41, 5.74) is 3.34. The van der Waals surface area contributed by atoms with Gasteiger partial charge in [-0.15, -0.1) is 0 Å². The minimum absolute atomic E-state index is 0.0843. The van der Waals surface area contributed by atoms with Gasteiger partial charge in [0.15, 0.2) is 0 Å². The van der Waals surface area contributed by atoms with Crippen molar-refractivity contribution in [3.63, 3.8) is 0 Å². The van der Waals surface area contributed by atoms with E-state index in [1.165, 1.54) is 5.56 Å². The molecule has 0 spiro atoms. The number of carbonyl (C=O) groups excluding carboxylic acids is 1. The quantitative estimate of drug-likeness (QED) is 0.643. The summed E-state index contributed by atoms with van der Waals surface area (Å²) < 4.78 is 1.90. The van der Waals surface area contributed by atoms with Crippen molar-refractivity contribution in [3.8, 4) is 0 Å². The van der Waals surface area contributed by atoms with Crippen LogP contribution in [0.25, 0.3) is 0 Å². The molecule has 5 rings (SSSR count). The number of fused-ring (bicyclic) bond motifs is 4. The molecule has 5 heteroatoms. The van der Waals surface area contributed by atoms with Crippen LogP contribution >= 0.6 is 0 Å². The molecule has 0 saturated carbocycles. The summed E-state index contributed by atoms with van der Waals surface area (Å²) in [6.07, 6.45) is 3.40. The molecule has 1 N–H and O–H groups in total. The molecule has 0 aliphatic carbocycles. The van der Waals surface area contributed by atoms with E-state index in [4.69, 9.17) is 0 Å². The first-order valence-electron chi connectivity index (χ1n) is 11.5. The van der Waals surface area contributed by atoms with Crippen molar-refractivity contribution in [2.24, 2.45) is 5.92 Å². The smallest absolute Gasteiger partial charge is 0.274 e. The van der Waals surface area contributed by atoms with Crippen molar-refractivity contribution in [3.05, 3.63) is 100.0 Å². The third-order valence-electron chi connectivity index (χ3n) is 6.75. The lowest BCUT2D eigenvalue weighted by molar-refractivity contribution is 0.102. The molecule has 5 nitrogen and oxygen atoms in total. The van der Waals surface area contributed by atoms with Crippen LogP contribution in [0.5, 0.6) is 0 Å². The van der Waals surface area contributed by atoms with E-state index < -0.39 is 0 Å². The Balaban J connectivity index is 1.26. The molecule has 0 unspecified atom stereocenters. The predicted molar refractivity (Wildman–Crippen MR) is 127 cm³/mol. The van der Waals surface area contributed by atoms with Crippen LogP contribution in [0, 0.1) is 5.92 Å². The normalized spacial score (nSPS) is 19.9. The zero-order valence-electron chi connectivity index (χ0n) is 18.2. The maximum Gasteiger partial charge on any atom is 0.274 e. The van der Waals surface area contributed by atoms with E-state index in [1.807, 2.05) is 28.8 Å². The molecule has 0 radical (unpaired) electrons. The predicted octanol–water partition coefficient (Wildman–Crippen LogP) is 4.15. The number of benzene rings is 2. The number of hydrogen-bond donors (Lipinski definition) is 1. The molecule has 2 aliphatic rings. The lowest BCUT2D eigenvalue weighted by Crippen LogP contribution is -2.47. The van der Waals surface area contributed by atoms with Gasteiger partial charge in [0, 0.05) is 36.8 Å². The number of hydrogen-bond acceptors (Lipinski definition) is 3. The molecule has 3 heterocycles. The van der Waals surface area contributed by atoms with Crippen LogP contribution in [0.15, 0.2) is 77.6 Å². The second-order valence-corrected chi connectivity index (χ2v) is 9.06. The van der Waals surface area contributed by atoms with Gasteiger partial charge in [0.25, 0.3) is 11.5 Å². The van der Waals surface area contributed by atoms with Crippen LogP contribution in [0.1, 0.15) is 40.4 Å². The first kappa shape index (κ1) is 20.7. The molecular weight excluding hydrogens is 398 g/mol. The summed E-state index contributed by atoms with van der Waals surface area (Å²) in [5.74, 6) is 0.616. The first-order valence-corrected chi connectivity index (χ1v) is 11.5. The number of carbonyl (C=O) groups is 1. The Labute approximate surface area is 188 Å². The van der Waals surface area contributed by atoms with E-state index in [0.29, 0.717) is 23.1 Å². The number of nitrogens with zero attached hydrogens (tertiary/aromatic N) is 2. The summed E-state index contributed by atoms with van der Waals surface area (Å²) in [5, 5.41) is 2.81. The number of aryl methyl sites for hydroxylation is 1. The van der Waals surface area contributed by atoms with Crippen molar-refractivity contribution in [1.29, 1.82) is 0 Å². The molecule has 164 valence electrons. The minimum atomic E-state index is -0.246. The second-order valence-electron chi connectivity index (χ2n) is 9.06. The third-order valence-corrected chi connectivity index (χ3v) is 6.75. The van der Waals surface area contributed by atoms with Crippen molar-refractivity contribution < 1.29 is 4.79 Å². The Bertz CT molecular complexity index is 1140. The number of anilines is 1. The Morgan fingerprint density at radius 3 is 2.44 bits per heavy atom. The fourth-order valence-electron chi connectivity index (χ4n) is 5.26. The first-order chi connectivity index (χ1) is 15.7. The Hall–Kier alpha value is -3.18. The number of rotatable bonds is 6. The minimum Gasteiger partial charge on any atom is -0.317 e. The van der Waals surface area contributed by atoms with E-state index in [9.17, 15) is 9.59 Å². The number of amides is 1. The Morgan fingerprint density at radius 2 is 1.66 bits per heavy atom. The molecule has 32 heavy (non-hydrogen) atoms. The van der Waals surface area contributed by atoms with E-state index in [1.54, 1.807) is 18.2 Å². The summed E-state index contributed by atoms with van der Waals surface area (Å²) in [6, 6.07) is 23.5. The summed E-state index contributed by atoms with van der Waals surface area (Å²) >= 11 is 0. The summed E-state index contributed by atoms with van der Waals surface area (Å²) in [4.78, 5) is 28.2. The highest BCUT2D eigenvalue weighted by Gasteiger charge is 2.34. The fraction of sp³-hybridized carbons (Fsp3) is 0.333. The Kier molecular flexibility index (Phi) is 5.91. The molecule has 1 amide bonds. The Morgan fingerprint density at radius 1 is 0.906 bits per heavy atom. The van der Waals surface area contributed by atoms with E-state index in [2.05, 4.69) is 40.5 Å². The van der Waals surface area contributed by atoms with Gasteiger partial charge in [-0.25, -0.2) is 0 Å². The van der Waals surface area contributed by atoms with Crippen LogP contribution in [-0.4, -0.2) is 35.0 Å². The van der Waals surface area contributed by atoms with E-state index in [-0.39, 0.29) is 11.5 Å². The molecule has 2 aliphatic heterocycles. The highest BCUT2D eigenvalue weighted by atomic mass is 16.2. The lowest BCUT2D eigenvalue weighted by atomic mass is 9.83. The maximum absolute atomic E-state index is 13.2. The fourth-order valence-corrected chi connectivity index (χ4v) is 5.26. The van der Waals surface area contributed by atoms with Crippen LogP contribution < -0.4 is 10.9 Å². The largest absolute Gasteiger partial charge is 0.317 e. The second kappa shape index (κ2) is 9.13. The van der Waals surface area contributed by atoms with E-state index in [0.717, 1.165) is 51.1 Å². The van der Waals surface area contributed by atoms with Crippen LogP contribution in [0.3, 0.4) is 0 Å². The van der Waals surface area contributed by atoms with Gasteiger partial charge in [-0.3, -0.25) is 9.59 Å². The SMILES string of the molecule is O=C(Nc1ccc2n(c1=O)C[C@@H]1C[C@@H]2CN(CCCc2ccccc2)C1)c1ccccc1. The highest BCUT2D eigenvalue weighted by Crippen LogP contribution is 2.35. The van der Waals surface area contributed by atoms with E-state index >= 15 is 0 Å². The van der Waals surface area contributed by atoms with Gasteiger partial charge in [0.2, 0.25) is 0 Å². The average molecular weight is 428 g/mol. The third kappa shape index (κ3) is 4.39. The van der Waals surface area contributed by atoms with Crippen LogP contribution in [0.2, 0.25) is 0 Å². The van der Waals surface area contributed by atoms with Gasteiger partial charge in [0.1, 0.15) is 5.69 Å². The summed E-state index contributed by atoms with van der Waals surface area (Å²) in [7, 11) is 0. The maximum atomic E-state index is 13.2. The van der Waals surface area contributed by atoms with Crippen LogP contribution in [-0.2, 0) is 13.0 Å². The number of likely N-dealkylation sites (tertiary alicyclic amines) is 1. The van der Waals surface area contributed by atoms with Gasteiger partial charge < -0.3 is 14.8 Å². The van der Waals surface area contributed by atoms with Gasteiger partial charge in [-0.1, -0.05) is 48.5 Å². The number of aromatic nitrogens is 1. The van der Waals surface area contributed by atoms with Gasteiger partial charge >= 0.3 is 0 Å². The average Bonchev–Trinajstić information content (AvgIpc) is 2.82. The topological polar surface area (TPSA) is 54.3 Å². The van der Waals surface area contributed by atoms with Gasteiger partial charge in [-0.05, 0) is 61.6 Å². The molecule has 2 atom stereocenters. The zero-order chi connectivity index (χ0) is 21.9. The molecule has 1 fully saturated rings. The van der Waals surface area contributed by atoms with Gasteiger partial charge in [0.05, 0.1) is 0 Å². The standard InChI is InChI=1S/C27H29N3O2/c31-26(22-11-5-2-6-12-22)28-24-13-14-25-23-16-21(18-30(25)27(24)32)17-29(19-23)15-7-10-20-8-3-1-4-9-20/h1-6,8-9,11-14,21,23H,7,10,15-19H2,(H,28,31)/t21-,23-/m1/s1. The molecular formula is C27H29N3O2. The molecule has 2 bridgehead atoms. The van der Waals surface area contributed by atoms with Crippen LogP contribution in [0.4, 0.5) is 5.69 Å². The zero-order valence-corrected chi connectivity index (χ0v) is 18.2. The molecule has 2 aromatic carbocycles. The highest BCUT2D eigenvalue weighted by molar-refractivity contribution is 6.04. The monoisotopic (exact) mass is 427 g/mol. The van der Waals surface area contributed by atoms with Crippen molar-refractivity contribution in [1.82, 2.24) is 9.47 Å². The lowest BCUT2D eigenvalue weighted by Gasteiger charge is -2.43. The van der Waals surface area contributed by atoms with Crippen molar-refractivity contribution in [2.45, 2.75) is 31.7 Å². The van der Waals surface area contributed by atoms with Gasteiger partial charge in [-0.2, -0.15) is 0 Å². The van der Waals surface area contributed by atoms with Crippen molar-refractivity contribution in [2.75, 3.05) is 25.0 Å². The molecule has 3 aromatic rings. The summed E-state index contributed by atoms with van der Waals surface area (Å²) in [6.45, 7) is 3.87. The molecule has 1 aromatic heterocycles. The number of piperidine rings is 1. The number of pyridine rings is 1. The number of nitrogens with one attached hydrogen (secondary N) is 1.